The smallest absolute Gasteiger partial charge is 0.178 e. The zero-order valence-corrected chi connectivity index (χ0v) is 17.2. The van der Waals surface area contributed by atoms with Gasteiger partial charge in [0.2, 0.25) is 0 Å². The fraction of sp³-hybridized carbons (Fsp3) is 0.577. The van der Waals surface area contributed by atoms with Crippen LogP contribution in [0.5, 0.6) is 0 Å². The van der Waals surface area contributed by atoms with Crippen molar-refractivity contribution in [3.8, 4) is 0 Å². The summed E-state index contributed by atoms with van der Waals surface area (Å²) >= 11 is 0. The van der Waals surface area contributed by atoms with Crippen molar-refractivity contribution in [1.82, 2.24) is 0 Å². The van der Waals surface area contributed by atoms with Crippen LogP contribution in [-0.4, -0.2) is 11.9 Å². The maximum absolute atomic E-state index is 11.9. The molecule has 4 aliphatic rings. The summed E-state index contributed by atoms with van der Waals surface area (Å²) in [7, 11) is 0. The normalized spacial score (nSPS) is 41.8. The molecule has 0 N–H and O–H groups in total. The third kappa shape index (κ3) is 2.76. The Kier molecular flexibility index (Phi) is 4.39. The first-order chi connectivity index (χ1) is 13.5. The Morgan fingerprint density at radius 2 is 1.86 bits per heavy atom. The summed E-state index contributed by atoms with van der Waals surface area (Å²) < 4.78 is 6.52. The molecule has 1 aromatic rings. The molecule has 0 radical (unpaired) electrons. The fourth-order valence-corrected chi connectivity index (χ4v) is 7.19. The summed E-state index contributed by atoms with van der Waals surface area (Å²) in [6.07, 6.45) is 13.7. The SMILES string of the molecule is C[C@]12CC[C@@H]3[C@@H](CCC4=CC(=O)C=C[C@@]43C)[C@@H]1CC[C@@H]2OCc1ccccc1. The quantitative estimate of drug-likeness (QED) is 0.658. The highest BCUT2D eigenvalue weighted by atomic mass is 16.5. The second-order valence-corrected chi connectivity index (χ2v) is 10.0. The number of hydrogen-bond donors (Lipinski definition) is 0. The number of ether oxygens (including phenoxy) is 1. The molecule has 3 saturated carbocycles. The minimum Gasteiger partial charge on any atom is -0.373 e. The van der Waals surface area contributed by atoms with Crippen LogP contribution < -0.4 is 0 Å². The maximum Gasteiger partial charge on any atom is 0.178 e. The van der Waals surface area contributed by atoms with Crippen molar-refractivity contribution in [3.63, 3.8) is 0 Å². The molecule has 0 saturated heterocycles. The minimum absolute atomic E-state index is 0.0984. The third-order valence-electron chi connectivity index (χ3n) is 8.76. The molecule has 0 bridgehead atoms. The number of carbonyl (C=O) groups is 1. The van der Waals surface area contributed by atoms with Crippen LogP contribution in [0.4, 0.5) is 0 Å². The topological polar surface area (TPSA) is 26.3 Å². The van der Waals surface area contributed by atoms with Crippen molar-refractivity contribution in [2.24, 2.45) is 28.6 Å². The van der Waals surface area contributed by atoms with Crippen molar-refractivity contribution >= 4 is 5.78 Å². The first-order valence-electron chi connectivity index (χ1n) is 11.1. The number of rotatable bonds is 3. The number of benzene rings is 1. The van der Waals surface area contributed by atoms with Crippen LogP contribution >= 0.6 is 0 Å². The number of fused-ring (bicyclic) bond motifs is 5. The molecular weight excluding hydrogens is 344 g/mol. The first-order valence-corrected chi connectivity index (χ1v) is 11.1. The van der Waals surface area contributed by atoms with Gasteiger partial charge >= 0.3 is 0 Å². The lowest BCUT2D eigenvalue weighted by molar-refractivity contribution is -0.111. The molecule has 5 rings (SSSR count). The van der Waals surface area contributed by atoms with Crippen molar-refractivity contribution in [2.45, 2.75) is 65.1 Å². The lowest BCUT2D eigenvalue weighted by Gasteiger charge is -2.56. The molecule has 0 aliphatic heterocycles. The molecule has 3 fully saturated rings. The Bertz CT molecular complexity index is 822. The van der Waals surface area contributed by atoms with Crippen LogP contribution in [0, 0.1) is 28.6 Å². The molecule has 0 unspecified atom stereocenters. The number of carbonyl (C=O) groups excluding carboxylic acids is 1. The first kappa shape index (κ1) is 18.4. The maximum atomic E-state index is 11.9. The Morgan fingerprint density at radius 3 is 2.68 bits per heavy atom. The Balaban J connectivity index is 1.35. The summed E-state index contributed by atoms with van der Waals surface area (Å²) in [6, 6.07) is 10.6. The number of allylic oxidation sites excluding steroid dienone is 4. The van der Waals surface area contributed by atoms with E-state index in [9.17, 15) is 4.79 Å². The van der Waals surface area contributed by atoms with E-state index in [-0.39, 0.29) is 11.2 Å². The molecule has 4 aliphatic carbocycles. The average molecular weight is 377 g/mol. The number of ketones is 1. The largest absolute Gasteiger partial charge is 0.373 e. The molecule has 6 atom stereocenters. The van der Waals surface area contributed by atoms with Crippen molar-refractivity contribution in [3.05, 3.63) is 59.7 Å². The van der Waals surface area contributed by atoms with E-state index in [0.717, 1.165) is 24.9 Å². The van der Waals surface area contributed by atoms with Gasteiger partial charge in [-0.05, 0) is 79.4 Å². The van der Waals surface area contributed by atoms with E-state index in [1.807, 2.05) is 12.2 Å². The third-order valence-corrected chi connectivity index (χ3v) is 8.76. The zero-order chi connectivity index (χ0) is 19.4. The van der Waals surface area contributed by atoms with Gasteiger partial charge in [0.15, 0.2) is 5.78 Å². The predicted molar refractivity (Wildman–Crippen MR) is 112 cm³/mol. The lowest BCUT2D eigenvalue weighted by Crippen LogP contribution is -2.50. The molecule has 0 spiro atoms. The van der Waals surface area contributed by atoms with Gasteiger partial charge in [0, 0.05) is 5.41 Å². The molecule has 28 heavy (non-hydrogen) atoms. The van der Waals surface area contributed by atoms with Crippen molar-refractivity contribution in [2.75, 3.05) is 0 Å². The number of hydrogen-bond acceptors (Lipinski definition) is 2. The Morgan fingerprint density at radius 1 is 1.04 bits per heavy atom. The molecule has 0 heterocycles. The molecule has 0 amide bonds. The average Bonchev–Trinajstić information content (AvgIpc) is 3.04. The van der Waals surface area contributed by atoms with E-state index in [1.54, 1.807) is 0 Å². The highest BCUT2D eigenvalue weighted by molar-refractivity contribution is 6.01. The molecular formula is C26H32O2. The zero-order valence-electron chi connectivity index (χ0n) is 17.2. The van der Waals surface area contributed by atoms with Gasteiger partial charge in [-0.25, -0.2) is 0 Å². The van der Waals surface area contributed by atoms with Gasteiger partial charge in [-0.15, -0.1) is 0 Å². The van der Waals surface area contributed by atoms with Crippen LogP contribution in [0.25, 0.3) is 0 Å². The van der Waals surface area contributed by atoms with E-state index in [0.29, 0.717) is 17.4 Å². The van der Waals surface area contributed by atoms with Gasteiger partial charge in [0.1, 0.15) is 0 Å². The van der Waals surface area contributed by atoms with Crippen LogP contribution in [0.1, 0.15) is 57.9 Å². The Hall–Kier alpha value is -1.67. The summed E-state index contributed by atoms with van der Waals surface area (Å²) in [5, 5.41) is 0. The molecule has 2 heteroatoms. The van der Waals surface area contributed by atoms with Gasteiger partial charge in [-0.3, -0.25) is 4.79 Å². The van der Waals surface area contributed by atoms with Crippen molar-refractivity contribution in [1.29, 1.82) is 0 Å². The summed E-state index contributed by atoms with van der Waals surface area (Å²) in [4.78, 5) is 11.9. The van der Waals surface area contributed by atoms with E-state index in [1.165, 1.54) is 43.2 Å². The van der Waals surface area contributed by atoms with Gasteiger partial charge in [-0.1, -0.05) is 55.8 Å². The van der Waals surface area contributed by atoms with Gasteiger partial charge in [0.25, 0.3) is 0 Å². The lowest BCUT2D eigenvalue weighted by atomic mass is 9.48. The highest BCUT2D eigenvalue weighted by Crippen LogP contribution is 2.64. The van der Waals surface area contributed by atoms with Crippen molar-refractivity contribution < 1.29 is 9.53 Å². The van der Waals surface area contributed by atoms with Gasteiger partial charge in [0.05, 0.1) is 12.7 Å². The van der Waals surface area contributed by atoms with Crippen LogP contribution in [0.15, 0.2) is 54.1 Å². The molecule has 2 nitrogen and oxygen atoms in total. The van der Waals surface area contributed by atoms with Gasteiger partial charge < -0.3 is 4.74 Å². The second kappa shape index (κ2) is 6.69. The standard InChI is InChI=1S/C26H32O2/c1-25-14-12-20(27)16-19(25)8-9-21-22-10-11-24(26(22,2)15-13-23(21)25)28-17-18-6-4-3-5-7-18/h3-7,12,14,16,21-24H,8-11,13,15,17H2,1-2H3/t21-,22-,23+,24-,25-,26-/m0/s1. The summed E-state index contributed by atoms with van der Waals surface area (Å²) in [5.74, 6) is 2.39. The molecule has 1 aromatic carbocycles. The van der Waals surface area contributed by atoms with E-state index in [2.05, 4.69) is 50.3 Å². The van der Waals surface area contributed by atoms with Crippen LogP contribution in [-0.2, 0) is 16.1 Å². The summed E-state index contributed by atoms with van der Waals surface area (Å²) in [6.45, 7) is 5.63. The second-order valence-electron chi connectivity index (χ2n) is 10.0. The van der Waals surface area contributed by atoms with E-state index in [4.69, 9.17) is 4.74 Å². The highest BCUT2D eigenvalue weighted by Gasteiger charge is 2.58. The van der Waals surface area contributed by atoms with Crippen LogP contribution in [0.3, 0.4) is 0 Å². The predicted octanol–water partition coefficient (Wildman–Crippen LogP) is 5.88. The van der Waals surface area contributed by atoms with Gasteiger partial charge in [-0.2, -0.15) is 0 Å². The fourth-order valence-electron chi connectivity index (χ4n) is 7.19. The Labute approximate surface area is 169 Å². The monoisotopic (exact) mass is 376 g/mol. The van der Waals surface area contributed by atoms with E-state index < -0.39 is 0 Å². The van der Waals surface area contributed by atoms with Crippen LogP contribution in [0.2, 0.25) is 0 Å². The summed E-state index contributed by atoms with van der Waals surface area (Å²) in [5.41, 5.74) is 3.07. The molecule has 0 aromatic heterocycles. The van der Waals surface area contributed by atoms with E-state index >= 15 is 0 Å². The minimum atomic E-state index is 0.0984. The molecule has 148 valence electrons.